The highest BCUT2D eigenvalue weighted by atomic mass is 79.9. The molecule has 0 N–H and O–H groups in total. The molecule has 1 aliphatic heterocycles. The van der Waals surface area contributed by atoms with E-state index in [1.165, 1.54) is 5.01 Å². The molecule has 1 heterocycles. The molecule has 5 nitrogen and oxygen atoms in total. The molecule has 9 heteroatoms. The van der Waals surface area contributed by atoms with Crippen molar-refractivity contribution in [3.05, 3.63) is 69.7 Å². The normalized spacial score (nSPS) is 25.5. The van der Waals surface area contributed by atoms with Gasteiger partial charge in [0.05, 0.1) is 18.4 Å². The van der Waals surface area contributed by atoms with Crippen LogP contribution in [0.15, 0.2) is 48.5 Å². The van der Waals surface area contributed by atoms with E-state index in [-0.39, 0.29) is 28.0 Å². The predicted molar refractivity (Wildman–Crippen MR) is 126 cm³/mol. The van der Waals surface area contributed by atoms with Crippen LogP contribution in [0, 0.1) is 11.8 Å². The van der Waals surface area contributed by atoms with Gasteiger partial charge in [-0.2, -0.15) is 5.01 Å². The average molecular weight is 589 g/mol. The molecule has 4 rings (SSSR count). The van der Waals surface area contributed by atoms with Gasteiger partial charge in [0.1, 0.15) is 0 Å². The summed E-state index contributed by atoms with van der Waals surface area (Å²) in [6, 6.07) is 13.3. The molecule has 162 valence electrons. The van der Waals surface area contributed by atoms with E-state index >= 15 is 0 Å². The molecular formula is C22H18Br2Cl2N2O3. The molecule has 2 aromatic carbocycles. The van der Waals surface area contributed by atoms with Gasteiger partial charge in [-0.05, 0) is 54.8 Å². The molecule has 0 radical (unpaired) electrons. The summed E-state index contributed by atoms with van der Waals surface area (Å²) in [5.74, 6) is -2.02. The largest absolute Gasteiger partial charge is 0.273 e. The molecule has 3 amide bonds. The molecule has 2 aromatic rings. The van der Waals surface area contributed by atoms with Crippen LogP contribution in [0.1, 0.15) is 28.8 Å². The van der Waals surface area contributed by atoms with Crippen LogP contribution in [0.3, 0.4) is 0 Å². The second-order valence-corrected chi connectivity index (χ2v) is 10.9. The summed E-state index contributed by atoms with van der Waals surface area (Å²) in [5.41, 5.74) is 1.09. The number of hydrogen-bond donors (Lipinski definition) is 0. The maximum absolute atomic E-state index is 13.4. The van der Waals surface area contributed by atoms with Crippen molar-refractivity contribution in [1.29, 1.82) is 0 Å². The molecule has 0 bridgehead atoms. The summed E-state index contributed by atoms with van der Waals surface area (Å²) in [6.45, 7) is 0.0605. The van der Waals surface area contributed by atoms with Crippen molar-refractivity contribution in [3.63, 3.8) is 0 Å². The van der Waals surface area contributed by atoms with E-state index in [4.69, 9.17) is 23.2 Å². The number of nitrogens with zero attached hydrogens (tertiary/aromatic N) is 2. The van der Waals surface area contributed by atoms with Gasteiger partial charge in [0.25, 0.3) is 17.7 Å². The predicted octanol–water partition coefficient (Wildman–Crippen LogP) is 5.47. The Morgan fingerprint density at radius 1 is 0.871 bits per heavy atom. The monoisotopic (exact) mass is 586 g/mol. The van der Waals surface area contributed by atoms with Crippen molar-refractivity contribution in [3.8, 4) is 0 Å². The molecule has 2 aliphatic rings. The second-order valence-electron chi connectivity index (χ2n) is 7.70. The molecule has 1 saturated carbocycles. The van der Waals surface area contributed by atoms with Crippen LogP contribution in [0.5, 0.6) is 0 Å². The van der Waals surface area contributed by atoms with Gasteiger partial charge in [-0.25, -0.2) is 5.01 Å². The highest BCUT2D eigenvalue weighted by Crippen LogP contribution is 2.44. The topological polar surface area (TPSA) is 57.7 Å². The van der Waals surface area contributed by atoms with Crippen LogP contribution in [0.4, 0.5) is 0 Å². The van der Waals surface area contributed by atoms with Gasteiger partial charge in [-0.1, -0.05) is 67.2 Å². The Balaban J connectivity index is 1.70. The van der Waals surface area contributed by atoms with Crippen LogP contribution in [-0.4, -0.2) is 37.4 Å². The number of rotatable bonds is 4. The highest BCUT2D eigenvalue weighted by Gasteiger charge is 2.54. The van der Waals surface area contributed by atoms with Crippen LogP contribution in [0.25, 0.3) is 0 Å². The maximum atomic E-state index is 13.4. The molecule has 1 aliphatic carbocycles. The van der Waals surface area contributed by atoms with Crippen LogP contribution >= 0.6 is 55.1 Å². The maximum Gasteiger partial charge on any atom is 0.273 e. The fourth-order valence-corrected chi connectivity index (χ4v) is 5.54. The fourth-order valence-electron chi connectivity index (χ4n) is 4.05. The number of hydrogen-bond acceptors (Lipinski definition) is 3. The first-order chi connectivity index (χ1) is 14.8. The zero-order valence-electron chi connectivity index (χ0n) is 16.2. The summed E-state index contributed by atoms with van der Waals surface area (Å²) in [7, 11) is 0. The molecule has 31 heavy (non-hydrogen) atoms. The number of hydrazine groups is 1. The molecule has 1 saturated heterocycles. The Bertz CT molecular complexity index is 988. The Morgan fingerprint density at radius 2 is 1.32 bits per heavy atom. The zero-order valence-corrected chi connectivity index (χ0v) is 20.9. The molecule has 0 spiro atoms. The van der Waals surface area contributed by atoms with E-state index in [1.54, 1.807) is 48.5 Å². The molecule has 0 aromatic heterocycles. The lowest BCUT2D eigenvalue weighted by molar-refractivity contribution is -0.155. The van der Waals surface area contributed by atoms with E-state index in [0.717, 1.165) is 10.6 Å². The third-order valence-electron chi connectivity index (χ3n) is 5.70. The van der Waals surface area contributed by atoms with Gasteiger partial charge in [0, 0.05) is 25.3 Å². The van der Waals surface area contributed by atoms with E-state index in [9.17, 15) is 14.4 Å². The quantitative estimate of drug-likeness (QED) is 0.351. The van der Waals surface area contributed by atoms with Crippen molar-refractivity contribution in [2.24, 2.45) is 11.8 Å². The molecule has 4 atom stereocenters. The smallest absolute Gasteiger partial charge is 0.272 e. The molecule has 0 unspecified atom stereocenters. The van der Waals surface area contributed by atoms with E-state index in [1.807, 2.05) is 0 Å². The van der Waals surface area contributed by atoms with Crippen molar-refractivity contribution in [1.82, 2.24) is 10.0 Å². The number of imide groups is 1. The lowest BCUT2D eigenvalue weighted by Crippen LogP contribution is -2.49. The summed E-state index contributed by atoms with van der Waals surface area (Å²) >= 11 is 19.1. The summed E-state index contributed by atoms with van der Waals surface area (Å²) in [4.78, 5) is 40.2. The van der Waals surface area contributed by atoms with E-state index < -0.39 is 17.7 Å². The lowest BCUT2D eigenvalue weighted by Gasteiger charge is -2.30. The van der Waals surface area contributed by atoms with Crippen LogP contribution < -0.4 is 0 Å². The minimum atomic E-state index is -0.448. The Kier molecular flexibility index (Phi) is 6.77. The third kappa shape index (κ3) is 4.56. The van der Waals surface area contributed by atoms with Gasteiger partial charge >= 0.3 is 0 Å². The Hall–Kier alpha value is -1.41. The number of carbonyl (C=O) groups excluding carboxylic acids is 3. The number of fused-ring (bicyclic) bond motifs is 1. The average Bonchev–Trinajstić information content (AvgIpc) is 2.98. The Morgan fingerprint density at radius 3 is 1.81 bits per heavy atom. The van der Waals surface area contributed by atoms with Crippen LogP contribution in [0.2, 0.25) is 10.0 Å². The minimum Gasteiger partial charge on any atom is -0.272 e. The molecular weight excluding hydrogens is 571 g/mol. The van der Waals surface area contributed by atoms with E-state index in [2.05, 4.69) is 31.9 Å². The number of halogens is 4. The van der Waals surface area contributed by atoms with Gasteiger partial charge in [-0.15, -0.1) is 0 Å². The summed E-state index contributed by atoms with van der Waals surface area (Å²) in [5, 5.41) is 3.34. The van der Waals surface area contributed by atoms with Crippen molar-refractivity contribution in [2.75, 3.05) is 0 Å². The Labute approximate surface area is 206 Å². The molecule has 2 fully saturated rings. The van der Waals surface area contributed by atoms with Crippen molar-refractivity contribution < 1.29 is 14.4 Å². The van der Waals surface area contributed by atoms with E-state index in [0.29, 0.717) is 28.5 Å². The van der Waals surface area contributed by atoms with Gasteiger partial charge in [0.15, 0.2) is 0 Å². The first-order valence-corrected chi connectivity index (χ1v) is 12.3. The number of benzene rings is 2. The highest BCUT2D eigenvalue weighted by molar-refractivity contribution is 9.12. The summed E-state index contributed by atoms with van der Waals surface area (Å²) < 4.78 is 0. The second kappa shape index (κ2) is 9.22. The van der Waals surface area contributed by atoms with Gasteiger partial charge in [0.2, 0.25) is 0 Å². The fraction of sp³-hybridized carbons (Fsp3) is 0.318. The number of alkyl halides is 2. The van der Waals surface area contributed by atoms with Gasteiger partial charge in [-0.3, -0.25) is 14.4 Å². The van der Waals surface area contributed by atoms with Crippen LogP contribution in [-0.2, 0) is 16.1 Å². The van der Waals surface area contributed by atoms with Crippen molar-refractivity contribution >= 4 is 72.8 Å². The third-order valence-corrected chi connectivity index (χ3v) is 8.94. The zero-order chi connectivity index (χ0) is 22.3. The lowest BCUT2D eigenvalue weighted by atomic mass is 9.81. The standard InChI is InChI=1S/C22H18Br2Cl2N2O3/c23-18-9-16-17(10-19(18)24)22(31)28(21(16)30)27(11-12-1-5-14(25)6-2-12)20(29)13-3-7-15(26)8-4-13/h1-8,16-19H,9-11H2/t16-,17-,18+,19+/m1/s1. The minimum absolute atomic E-state index is 0.0605. The van der Waals surface area contributed by atoms with Gasteiger partial charge < -0.3 is 0 Å². The summed E-state index contributed by atoms with van der Waals surface area (Å²) in [6.07, 6.45) is 1.07. The van der Waals surface area contributed by atoms with Crippen molar-refractivity contribution in [2.45, 2.75) is 29.0 Å². The SMILES string of the molecule is O=C(c1ccc(Cl)cc1)N(Cc1ccc(Cl)cc1)N1C(=O)[C@@H]2C[C@H](Br)[C@@H](Br)C[C@H]2C1=O. The first kappa shape index (κ1) is 22.8. The number of amides is 3. The first-order valence-electron chi connectivity index (χ1n) is 9.74. The number of carbonyl (C=O) groups is 3.